The third-order valence-corrected chi connectivity index (χ3v) is 5.47. The summed E-state index contributed by atoms with van der Waals surface area (Å²) in [7, 11) is 5.95. The molecule has 8 heteroatoms. The Labute approximate surface area is 182 Å². The summed E-state index contributed by atoms with van der Waals surface area (Å²) in [5, 5.41) is 12.2. The van der Waals surface area contributed by atoms with Crippen LogP contribution in [0.25, 0.3) is 33.6 Å². The second-order valence-electron chi connectivity index (χ2n) is 7.44. The second kappa shape index (κ2) is 8.41. The molecule has 3 heterocycles. The summed E-state index contributed by atoms with van der Waals surface area (Å²) in [5.74, 6) is -0.129. The van der Waals surface area contributed by atoms with E-state index < -0.39 is 0 Å². The van der Waals surface area contributed by atoms with Gasteiger partial charge < -0.3 is 14.8 Å². The smallest absolute Gasteiger partial charge is 0.252 e. The van der Waals surface area contributed by atoms with Gasteiger partial charge in [-0.2, -0.15) is 5.10 Å². The SMILES string of the molecule is CN(C)CCNC(=O)/C(=C/c1[nH]nc2ncccc12)c1cn(C)c2ccc(Br)cc12. The van der Waals surface area contributed by atoms with Crippen molar-refractivity contribution in [1.29, 1.82) is 0 Å². The van der Waals surface area contributed by atoms with E-state index >= 15 is 0 Å². The van der Waals surface area contributed by atoms with Gasteiger partial charge in [-0.05, 0) is 50.5 Å². The molecular weight excluding hydrogens is 444 g/mol. The highest BCUT2D eigenvalue weighted by Crippen LogP contribution is 2.31. The zero-order valence-electron chi connectivity index (χ0n) is 17.1. The number of carbonyl (C=O) groups is 1. The highest BCUT2D eigenvalue weighted by atomic mass is 79.9. The van der Waals surface area contributed by atoms with Crippen LogP contribution in [0.4, 0.5) is 0 Å². The Balaban J connectivity index is 1.84. The number of fused-ring (bicyclic) bond motifs is 2. The van der Waals surface area contributed by atoms with Crippen molar-refractivity contribution in [3.05, 3.63) is 58.5 Å². The molecule has 0 spiro atoms. The Morgan fingerprint density at radius 3 is 2.93 bits per heavy atom. The number of aromatic nitrogens is 4. The standard InChI is InChI=1S/C22H23BrN6O/c1-28(2)10-9-25-22(30)17(12-19-15-5-4-8-24-21(15)27-26-19)18-13-29(3)20-7-6-14(23)11-16(18)20/h4-8,11-13H,9-10H2,1-3H3,(H,25,30)(H,24,26,27)/b17-12+. The van der Waals surface area contributed by atoms with Gasteiger partial charge in [-0.25, -0.2) is 4.98 Å². The summed E-state index contributed by atoms with van der Waals surface area (Å²) < 4.78 is 3.00. The van der Waals surface area contributed by atoms with Crippen LogP contribution in [0.3, 0.4) is 0 Å². The van der Waals surface area contributed by atoms with Gasteiger partial charge in [0.2, 0.25) is 0 Å². The van der Waals surface area contributed by atoms with Crippen molar-refractivity contribution in [3.8, 4) is 0 Å². The fraction of sp³-hybridized carbons (Fsp3) is 0.227. The number of aryl methyl sites for hydroxylation is 1. The lowest BCUT2D eigenvalue weighted by Crippen LogP contribution is -2.31. The molecule has 3 aromatic heterocycles. The van der Waals surface area contributed by atoms with Crippen LogP contribution >= 0.6 is 15.9 Å². The van der Waals surface area contributed by atoms with Crippen LogP contribution in [-0.4, -0.2) is 57.7 Å². The van der Waals surface area contributed by atoms with Crippen LogP contribution in [-0.2, 0) is 11.8 Å². The number of aromatic amines is 1. The maximum Gasteiger partial charge on any atom is 0.252 e. The quantitative estimate of drug-likeness (QED) is 0.426. The minimum Gasteiger partial charge on any atom is -0.351 e. The molecule has 0 aliphatic rings. The van der Waals surface area contributed by atoms with Crippen LogP contribution in [0.2, 0.25) is 0 Å². The highest BCUT2D eigenvalue weighted by Gasteiger charge is 2.19. The van der Waals surface area contributed by atoms with Crippen molar-refractivity contribution in [2.45, 2.75) is 0 Å². The van der Waals surface area contributed by atoms with Crippen LogP contribution in [0.5, 0.6) is 0 Å². The normalized spacial score (nSPS) is 12.2. The first kappa shape index (κ1) is 20.3. The van der Waals surface area contributed by atoms with Crippen molar-refractivity contribution >= 4 is 55.4 Å². The van der Waals surface area contributed by atoms with Crippen molar-refractivity contribution < 1.29 is 4.79 Å². The Bertz CT molecular complexity index is 1250. The average molecular weight is 467 g/mol. The summed E-state index contributed by atoms with van der Waals surface area (Å²) in [6.07, 6.45) is 5.55. The van der Waals surface area contributed by atoms with Crippen molar-refractivity contribution in [2.75, 3.05) is 27.2 Å². The summed E-state index contributed by atoms with van der Waals surface area (Å²) in [6.45, 7) is 1.32. The fourth-order valence-electron chi connectivity index (χ4n) is 3.46. The topological polar surface area (TPSA) is 78.8 Å². The Kier molecular flexibility index (Phi) is 5.69. The molecule has 1 aromatic carbocycles. The van der Waals surface area contributed by atoms with Gasteiger partial charge >= 0.3 is 0 Å². The van der Waals surface area contributed by atoms with Crippen LogP contribution in [0.1, 0.15) is 11.3 Å². The summed E-state index contributed by atoms with van der Waals surface area (Å²) >= 11 is 3.55. The van der Waals surface area contributed by atoms with Crippen molar-refractivity contribution in [3.63, 3.8) is 0 Å². The van der Waals surface area contributed by atoms with Gasteiger partial charge in [0.15, 0.2) is 5.65 Å². The average Bonchev–Trinajstić information content (AvgIpc) is 3.26. The molecule has 7 nitrogen and oxygen atoms in total. The molecule has 4 aromatic rings. The van der Waals surface area contributed by atoms with E-state index in [9.17, 15) is 4.79 Å². The summed E-state index contributed by atoms with van der Waals surface area (Å²) in [4.78, 5) is 19.6. The Hall–Kier alpha value is -2.97. The third-order valence-electron chi connectivity index (χ3n) is 4.98. The van der Waals surface area contributed by atoms with Crippen LogP contribution in [0.15, 0.2) is 47.2 Å². The van der Waals surface area contributed by atoms with Gasteiger partial charge in [0, 0.05) is 58.9 Å². The van der Waals surface area contributed by atoms with Crippen molar-refractivity contribution in [1.82, 2.24) is 30.0 Å². The largest absolute Gasteiger partial charge is 0.351 e. The molecule has 30 heavy (non-hydrogen) atoms. The molecule has 2 N–H and O–H groups in total. The van der Waals surface area contributed by atoms with E-state index in [1.807, 2.05) is 73.2 Å². The molecular formula is C22H23BrN6O. The lowest BCUT2D eigenvalue weighted by Gasteiger charge is -2.12. The van der Waals surface area contributed by atoms with Gasteiger partial charge in [0.05, 0.1) is 11.3 Å². The fourth-order valence-corrected chi connectivity index (χ4v) is 3.82. The summed E-state index contributed by atoms with van der Waals surface area (Å²) in [5.41, 5.74) is 3.87. The maximum absolute atomic E-state index is 13.3. The Morgan fingerprint density at radius 1 is 1.30 bits per heavy atom. The first-order chi connectivity index (χ1) is 14.4. The maximum atomic E-state index is 13.3. The van der Waals surface area contributed by atoms with E-state index in [0.717, 1.165) is 38.6 Å². The first-order valence-electron chi connectivity index (χ1n) is 9.62. The summed E-state index contributed by atoms with van der Waals surface area (Å²) in [6, 6.07) is 9.89. The minimum absolute atomic E-state index is 0.129. The van der Waals surface area contributed by atoms with Gasteiger partial charge in [0.25, 0.3) is 5.91 Å². The van der Waals surface area contributed by atoms with E-state index in [1.165, 1.54) is 0 Å². The monoisotopic (exact) mass is 466 g/mol. The van der Waals surface area contributed by atoms with Crippen LogP contribution < -0.4 is 5.32 Å². The highest BCUT2D eigenvalue weighted by molar-refractivity contribution is 9.10. The molecule has 4 rings (SSSR count). The number of likely N-dealkylation sites (N-methyl/N-ethyl adjacent to an activating group) is 1. The molecule has 0 aliphatic carbocycles. The number of rotatable bonds is 6. The molecule has 0 saturated carbocycles. The molecule has 1 amide bonds. The molecule has 0 bridgehead atoms. The Morgan fingerprint density at radius 2 is 2.13 bits per heavy atom. The zero-order chi connectivity index (χ0) is 21.3. The number of H-pyrrole nitrogens is 1. The lowest BCUT2D eigenvalue weighted by atomic mass is 10.0. The molecule has 0 radical (unpaired) electrons. The number of benzene rings is 1. The number of amides is 1. The zero-order valence-corrected chi connectivity index (χ0v) is 18.7. The molecule has 0 saturated heterocycles. The number of nitrogens with one attached hydrogen (secondary N) is 2. The van der Waals surface area contributed by atoms with Crippen molar-refractivity contribution in [2.24, 2.45) is 7.05 Å². The van der Waals surface area contributed by atoms with E-state index in [2.05, 4.69) is 36.4 Å². The van der Waals surface area contributed by atoms with Gasteiger partial charge in [-0.3, -0.25) is 9.89 Å². The van der Waals surface area contributed by atoms with E-state index in [4.69, 9.17) is 0 Å². The number of hydrogen-bond donors (Lipinski definition) is 2. The van der Waals surface area contributed by atoms with Gasteiger partial charge in [-0.15, -0.1) is 0 Å². The van der Waals surface area contributed by atoms with E-state index in [1.54, 1.807) is 6.20 Å². The van der Waals surface area contributed by atoms with E-state index in [0.29, 0.717) is 17.8 Å². The van der Waals surface area contributed by atoms with E-state index in [-0.39, 0.29) is 5.91 Å². The molecule has 154 valence electrons. The van der Waals surface area contributed by atoms with Gasteiger partial charge in [-0.1, -0.05) is 15.9 Å². The lowest BCUT2D eigenvalue weighted by molar-refractivity contribution is -0.115. The predicted octanol–water partition coefficient (Wildman–Crippen LogP) is 3.43. The minimum atomic E-state index is -0.129. The van der Waals surface area contributed by atoms with Crippen LogP contribution in [0, 0.1) is 0 Å². The second-order valence-corrected chi connectivity index (χ2v) is 8.36. The number of carbonyl (C=O) groups excluding carboxylic acids is 1. The molecule has 0 atom stereocenters. The molecule has 0 aliphatic heterocycles. The number of halogens is 1. The third kappa shape index (κ3) is 4.01. The molecule has 0 unspecified atom stereocenters. The molecule has 0 fully saturated rings. The number of hydrogen-bond acceptors (Lipinski definition) is 4. The first-order valence-corrected chi connectivity index (χ1v) is 10.4. The number of nitrogens with zero attached hydrogens (tertiary/aromatic N) is 4. The van der Waals surface area contributed by atoms with Gasteiger partial charge in [0.1, 0.15) is 0 Å². The predicted molar refractivity (Wildman–Crippen MR) is 124 cm³/mol. The number of pyridine rings is 1.